The lowest BCUT2D eigenvalue weighted by molar-refractivity contribution is 1.02. The minimum atomic E-state index is 0.685. The summed E-state index contributed by atoms with van der Waals surface area (Å²) in [6.45, 7) is 0. The van der Waals surface area contributed by atoms with Crippen LogP contribution in [0.15, 0.2) is 140 Å². The van der Waals surface area contributed by atoms with Crippen LogP contribution in [0.3, 0.4) is 0 Å². The third-order valence-corrected chi connectivity index (χ3v) is 9.37. The van der Waals surface area contributed by atoms with Gasteiger partial charge >= 0.3 is 0 Å². The van der Waals surface area contributed by atoms with Crippen LogP contribution in [0, 0.1) is 0 Å². The highest BCUT2D eigenvalue weighted by atomic mass is 32.1. The molecule has 9 rings (SSSR count). The predicted molar refractivity (Wildman–Crippen MR) is 178 cm³/mol. The number of fused-ring (bicyclic) bond motifs is 8. The molecule has 0 aliphatic rings. The Hall–Kier alpha value is -5.32. The monoisotopic (exact) mass is 553 g/mol. The van der Waals surface area contributed by atoms with Crippen molar-refractivity contribution in [1.82, 2.24) is 14.5 Å². The summed E-state index contributed by atoms with van der Waals surface area (Å²) >= 11 is 1.84. The van der Waals surface area contributed by atoms with Crippen LogP contribution in [0.1, 0.15) is 0 Å². The molecule has 196 valence electrons. The Bertz CT molecular complexity index is 2450. The number of benzene rings is 6. The molecule has 0 atom stereocenters. The van der Waals surface area contributed by atoms with E-state index < -0.39 is 0 Å². The van der Waals surface area contributed by atoms with Crippen LogP contribution < -0.4 is 0 Å². The second kappa shape index (κ2) is 9.10. The molecule has 0 N–H and O–H groups in total. The molecule has 0 aliphatic carbocycles. The van der Waals surface area contributed by atoms with Gasteiger partial charge in [-0.2, -0.15) is 0 Å². The maximum Gasteiger partial charge on any atom is 0.235 e. The van der Waals surface area contributed by atoms with Crippen molar-refractivity contribution in [3.8, 4) is 28.3 Å². The molecule has 0 fully saturated rings. The molecule has 9 aromatic rings. The van der Waals surface area contributed by atoms with Crippen LogP contribution in [0.4, 0.5) is 0 Å². The molecular formula is C38H23N3S. The zero-order valence-corrected chi connectivity index (χ0v) is 23.3. The molecule has 3 heterocycles. The normalized spacial score (nSPS) is 11.8. The van der Waals surface area contributed by atoms with E-state index in [1.165, 1.54) is 42.1 Å². The van der Waals surface area contributed by atoms with Crippen molar-refractivity contribution >= 4 is 64.2 Å². The van der Waals surface area contributed by atoms with Crippen molar-refractivity contribution < 1.29 is 0 Å². The topological polar surface area (TPSA) is 30.7 Å². The van der Waals surface area contributed by atoms with Gasteiger partial charge in [0.15, 0.2) is 0 Å². The third kappa shape index (κ3) is 3.46. The van der Waals surface area contributed by atoms with E-state index in [0.717, 1.165) is 33.2 Å². The predicted octanol–water partition coefficient (Wildman–Crippen LogP) is 10.4. The van der Waals surface area contributed by atoms with Crippen LogP contribution in [-0.4, -0.2) is 14.5 Å². The Kier molecular flexibility index (Phi) is 5.07. The van der Waals surface area contributed by atoms with Crippen molar-refractivity contribution in [2.45, 2.75) is 0 Å². The second-order valence-corrected chi connectivity index (χ2v) is 11.7. The maximum absolute atomic E-state index is 5.34. The van der Waals surface area contributed by atoms with Crippen molar-refractivity contribution in [1.29, 1.82) is 0 Å². The third-order valence-electron chi connectivity index (χ3n) is 8.23. The molecular weight excluding hydrogens is 531 g/mol. The fourth-order valence-corrected chi connectivity index (χ4v) is 7.42. The standard InChI is InChI=1S/C38H23N3S/c1-2-10-24(11-3-1)25-18-20-26(21-19-25)36-29-13-4-7-15-31(29)39-38(40-36)41-32-16-8-5-12-27(32)28-22-23-34-35(37(28)41)30-14-6-9-17-33(30)42-34/h1-23H. The molecule has 4 heteroatoms. The van der Waals surface area contributed by atoms with E-state index in [1.807, 2.05) is 17.4 Å². The quantitative estimate of drug-likeness (QED) is 0.218. The van der Waals surface area contributed by atoms with Crippen molar-refractivity contribution in [3.05, 3.63) is 140 Å². The summed E-state index contributed by atoms with van der Waals surface area (Å²) in [5.41, 5.74) is 7.59. The van der Waals surface area contributed by atoms with Crippen molar-refractivity contribution in [2.75, 3.05) is 0 Å². The second-order valence-electron chi connectivity index (χ2n) is 10.6. The van der Waals surface area contributed by atoms with Gasteiger partial charge in [0.05, 0.1) is 22.2 Å². The lowest BCUT2D eigenvalue weighted by Crippen LogP contribution is -2.03. The van der Waals surface area contributed by atoms with Gasteiger partial charge < -0.3 is 0 Å². The summed E-state index contributed by atoms with van der Waals surface area (Å²) in [7, 11) is 0. The fraction of sp³-hybridized carbons (Fsp3) is 0. The molecule has 0 saturated heterocycles. The number of hydrogen-bond acceptors (Lipinski definition) is 3. The summed E-state index contributed by atoms with van der Waals surface area (Å²) in [6.07, 6.45) is 0. The maximum atomic E-state index is 5.34. The van der Waals surface area contributed by atoms with Gasteiger partial charge in [-0.05, 0) is 35.4 Å². The summed E-state index contributed by atoms with van der Waals surface area (Å²) in [6, 6.07) is 49.4. The summed E-state index contributed by atoms with van der Waals surface area (Å²) in [5.74, 6) is 0.685. The smallest absolute Gasteiger partial charge is 0.235 e. The molecule has 3 aromatic heterocycles. The Morgan fingerprint density at radius 1 is 0.452 bits per heavy atom. The number of nitrogens with zero attached hydrogens (tertiary/aromatic N) is 3. The van der Waals surface area contributed by atoms with E-state index in [-0.39, 0.29) is 0 Å². The van der Waals surface area contributed by atoms with E-state index >= 15 is 0 Å². The molecule has 0 aliphatic heterocycles. The Balaban J connectivity index is 1.36. The zero-order valence-electron chi connectivity index (χ0n) is 22.5. The minimum Gasteiger partial charge on any atom is -0.277 e. The lowest BCUT2D eigenvalue weighted by Gasteiger charge is -2.12. The molecule has 6 aromatic carbocycles. The van der Waals surface area contributed by atoms with Crippen molar-refractivity contribution in [3.63, 3.8) is 0 Å². The molecule has 0 unspecified atom stereocenters. The average Bonchev–Trinajstić information content (AvgIpc) is 3.60. The van der Waals surface area contributed by atoms with Gasteiger partial charge in [-0.15, -0.1) is 11.3 Å². The Morgan fingerprint density at radius 3 is 1.98 bits per heavy atom. The molecule has 42 heavy (non-hydrogen) atoms. The van der Waals surface area contributed by atoms with Crippen LogP contribution in [-0.2, 0) is 0 Å². The van der Waals surface area contributed by atoms with E-state index in [2.05, 4.69) is 138 Å². The van der Waals surface area contributed by atoms with Gasteiger partial charge in [0.2, 0.25) is 5.95 Å². The number of para-hydroxylation sites is 2. The van der Waals surface area contributed by atoms with E-state index in [0.29, 0.717) is 5.95 Å². The zero-order chi connectivity index (χ0) is 27.6. The number of hydrogen-bond donors (Lipinski definition) is 0. The number of rotatable bonds is 3. The summed E-state index contributed by atoms with van der Waals surface area (Å²) in [5, 5.41) is 5.99. The fourth-order valence-electron chi connectivity index (χ4n) is 6.31. The largest absolute Gasteiger partial charge is 0.277 e. The van der Waals surface area contributed by atoms with Crippen LogP contribution in [0.25, 0.3) is 81.2 Å². The molecule has 0 spiro atoms. The van der Waals surface area contributed by atoms with E-state index in [9.17, 15) is 0 Å². The first-order valence-corrected chi connectivity index (χ1v) is 14.9. The highest BCUT2D eigenvalue weighted by molar-refractivity contribution is 7.26. The lowest BCUT2D eigenvalue weighted by atomic mass is 10.0. The first-order valence-electron chi connectivity index (χ1n) is 14.1. The summed E-state index contributed by atoms with van der Waals surface area (Å²) in [4.78, 5) is 10.5. The van der Waals surface area contributed by atoms with Crippen LogP contribution in [0.5, 0.6) is 0 Å². The van der Waals surface area contributed by atoms with Crippen LogP contribution in [0.2, 0.25) is 0 Å². The molecule has 3 nitrogen and oxygen atoms in total. The first-order chi connectivity index (χ1) is 20.8. The van der Waals surface area contributed by atoms with E-state index in [4.69, 9.17) is 9.97 Å². The molecule has 0 amide bonds. The van der Waals surface area contributed by atoms with Gasteiger partial charge in [0.1, 0.15) is 0 Å². The number of thiophene rings is 1. The Labute approximate surface area is 246 Å². The van der Waals surface area contributed by atoms with Crippen molar-refractivity contribution in [2.24, 2.45) is 0 Å². The van der Waals surface area contributed by atoms with Gasteiger partial charge in [0, 0.05) is 41.9 Å². The molecule has 0 saturated carbocycles. The molecule has 0 bridgehead atoms. The first kappa shape index (κ1) is 23.4. The van der Waals surface area contributed by atoms with Crippen LogP contribution >= 0.6 is 11.3 Å². The Morgan fingerprint density at radius 2 is 1.12 bits per heavy atom. The van der Waals surface area contributed by atoms with Gasteiger partial charge in [-0.3, -0.25) is 4.57 Å². The van der Waals surface area contributed by atoms with Gasteiger partial charge in [0.25, 0.3) is 0 Å². The molecule has 0 radical (unpaired) electrons. The summed E-state index contributed by atoms with van der Waals surface area (Å²) < 4.78 is 4.83. The van der Waals surface area contributed by atoms with Gasteiger partial charge in [-0.1, -0.05) is 115 Å². The SMILES string of the molecule is c1ccc(-c2ccc(-c3nc(-n4c5ccccc5c5ccc6sc7ccccc7c6c54)nc4ccccc34)cc2)cc1. The minimum absolute atomic E-state index is 0.685. The highest BCUT2D eigenvalue weighted by Crippen LogP contribution is 2.43. The average molecular weight is 554 g/mol. The van der Waals surface area contributed by atoms with Gasteiger partial charge in [-0.25, -0.2) is 9.97 Å². The van der Waals surface area contributed by atoms with E-state index in [1.54, 1.807) is 0 Å². The highest BCUT2D eigenvalue weighted by Gasteiger charge is 2.20. The number of aromatic nitrogens is 3.